The second-order valence-electron chi connectivity index (χ2n) is 4.55. The van der Waals surface area contributed by atoms with E-state index in [4.69, 9.17) is 14.3 Å². The molecule has 4 nitrogen and oxygen atoms in total. The highest BCUT2D eigenvalue weighted by Gasteiger charge is 2.13. The number of benzene rings is 1. The van der Waals surface area contributed by atoms with Gasteiger partial charge in [-0.2, -0.15) is 0 Å². The number of rotatable bonds is 2. The van der Waals surface area contributed by atoms with E-state index in [0.29, 0.717) is 0 Å². The van der Waals surface area contributed by atoms with Crippen LogP contribution in [0.5, 0.6) is 11.5 Å². The van der Waals surface area contributed by atoms with Crippen LogP contribution in [-0.4, -0.2) is 18.6 Å². The predicted molar refractivity (Wildman–Crippen MR) is 61.0 cm³/mol. The van der Waals surface area contributed by atoms with Crippen molar-refractivity contribution in [2.75, 3.05) is 6.79 Å². The van der Waals surface area contributed by atoms with Crippen LogP contribution in [0.1, 0.15) is 26.3 Å². The van der Waals surface area contributed by atoms with E-state index in [9.17, 15) is 0 Å². The Balaban J connectivity index is 2.05. The molecule has 0 N–H and O–H groups in total. The minimum atomic E-state index is -0.271. The second-order valence-corrected chi connectivity index (χ2v) is 4.55. The molecule has 0 saturated heterocycles. The smallest absolute Gasteiger partial charge is 0.231 e. The van der Waals surface area contributed by atoms with Gasteiger partial charge in [0.25, 0.3) is 0 Å². The molecule has 0 amide bonds. The number of hydrogen-bond donors (Lipinski definition) is 0. The molecule has 0 spiro atoms. The number of nitrogens with zero attached hydrogens (tertiary/aromatic N) is 1. The van der Waals surface area contributed by atoms with Gasteiger partial charge in [0.2, 0.25) is 6.79 Å². The molecular weight excluding hydrogens is 206 g/mol. The van der Waals surface area contributed by atoms with Crippen molar-refractivity contribution in [1.82, 2.24) is 0 Å². The largest absolute Gasteiger partial charge is 0.454 e. The highest BCUT2D eigenvalue weighted by molar-refractivity contribution is 5.80. The molecule has 0 radical (unpaired) electrons. The van der Waals surface area contributed by atoms with Crippen LogP contribution in [0.3, 0.4) is 0 Å². The molecule has 0 fully saturated rings. The van der Waals surface area contributed by atoms with E-state index in [1.54, 1.807) is 6.21 Å². The average molecular weight is 221 g/mol. The summed E-state index contributed by atoms with van der Waals surface area (Å²) in [5, 5.41) is 3.92. The maximum atomic E-state index is 5.26. The Morgan fingerprint density at radius 3 is 2.75 bits per heavy atom. The van der Waals surface area contributed by atoms with Crippen molar-refractivity contribution in [3.8, 4) is 11.5 Å². The summed E-state index contributed by atoms with van der Waals surface area (Å²) in [4.78, 5) is 5.25. The molecule has 1 aromatic carbocycles. The summed E-state index contributed by atoms with van der Waals surface area (Å²) in [6.07, 6.45) is 1.66. The van der Waals surface area contributed by atoms with Gasteiger partial charge in [0, 0.05) is 5.56 Å². The molecule has 0 saturated carbocycles. The van der Waals surface area contributed by atoms with Crippen LogP contribution in [0.4, 0.5) is 0 Å². The molecule has 1 aliphatic rings. The zero-order valence-electron chi connectivity index (χ0n) is 9.69. The van der Waals surface area contributed by atoms with Gasteiger partial charge in [-0.1, -0.05) is 5.16 Å². The van der Waals surface area contributed by atoms with Gasteiger partial charge < -0.3 is 14.3 Å². The molecule has 0 unspecified atom stereocenters. The van der Waals surface area contributed by atoms with Crippen molar-refractivity contribution < 1.29 is 14.3 Å². The Kier molecular flexibility index (Phi) is 2.73. The maximum absolute atomic E-state index is 5.26. The van der Waals surface area contributed by atoms with Crippen LogP contribution in [-0.2, 0) is 4.84 Å². The maximum Gasteiger partial charge on any atom is 0.231 e. The zero-order valence-corrected chi connectivity index (χ0v) is 9.69. The number of hydrogen-bond acceptors (Lipinski definition) is 4. The van der Waals surface area contributed by atoms with E-state index in [1.165, 1.54) is 0 Å². The fourth-order valence-electron chi connectivity index (χ4n) is 1.24. The van der Waals surface area contributed by atoms with Crippen LogP contribution in [0.25, 0.3) is 0 Å². The van der Waals surface area contributed by atoms with E-state index in [2.05, 4.69) is 5.16 Å². The number of ether oxygens (including phenoxy) is 2. The molecular formula is C12H15NO3. The zero-order chi connectivity index (χ0) is 11.6. The minimum absolute atomic E-state index is 0.271. The van der Waals surface area contributed by atoms with Crippen LogP contribution >= 0.6 is 0 Å². The summed E-state index contributed by atoms with van der Waals surface area (Å²) < 4.78 is 10.5. The SMILES string of the molecule is CC(C)(C)O/N=C/c1ccc2c(c1)OCO2. The molecule has 16 heavy (non-hydrogen) atoms. The van der Waals surface area contributed by atoms with Crippen LogP contribution < -0.4 is 9.47 Å². The third-order valence-electron chi connectivity index (χ3n) is 1.92. The summed E-state index contributed by atoms with van der Waals surface area (Å²) >= 11 is 0. The van der Waals surface area contributed by atoms with Gasteiger partial charge in [-0.25, -0.2) is 0 Å². The van der Waals surface area contributed by atoms with Crippen molar-refractivity contribution in [2.45, 2.75) is 26.4 Å². The van der Waals surface area contributed by atoms with E-state index >= 15 is 0 Å². The molecule has 1 aromatic rings. The topological polar surface area (TPSA) is 40.0 Å². The summed E-state index contributed by atoms with van der Waals surface area (Å²) in [5.74, 6) is 1.52. The fourth-order valence-corrected chi connectivity index (χ4v) is 1.24. The molecule has 2 rings (SSSR count). The van der Waals surface area contributed by atoms with E-state index in [1.807, 2.05) is 39.0 Å². The van der Waals surface area contributed by atoms with Gasteiger partial charge in [-0.3, -0.25) is 0 Å². The summed E-state index contributed by atoms with van der Waals surface area (Å²) in [6, 6.07) is 5.64. The van der Waals surface area contributed by atoms with Gasteiger partial charge in [-0.15, -0.1) is 0 Å². The first-order valence-corrected chi connectivity index (χ1v) is 5.16. The summed E-state index contributed by atoms with van der Waals surface area (Å²) in [6.45, 7) is 6.13. The number of oxime groups is 1. The lowest BCUT2D eigenvalue weighted by atomic mass is 10.2. The minimum Gasteiger partial charge on any atom is -0.454 e. The fraction of sp³-hybridized carbons (Fsp3) is 0.417. The standard InChI is InChI=1S/C12H15NO3/c1-12(2,3)16-13-7-9-4-5-10-11(6-9)15-8-14-10/h4-7H,8H2,1-3H3/b13-7+. The highest BCUT2D eigenvalue weighted by Crippen LogP contribution is 2.31. The van der Waals surface area contributed by atoms with E-state index in [0.717, 1.165) is 17.1 Å². The van der Waals surface area contributed by atoms with Gasteiger partial charge in [0.1, 0.15) is 5.60 Å². The lowest BCUT2D eigenvalue weighted by molar-refractivity contribution is 0.00199. The van der Waals surface area contributed by atoms with E-state index < -0.39 is 0 Å². The quantitative estimate of drug-likeness (QED) is 0.569. The highest BCUT2D eigenvalue weighted by atomic mass is 16.7. The lowest BCUT2D eigenvalue weighted by Gasteiger charge is -2.14. The predicted octanol–water partition coefficient (Wildman–Crippen LogP) is 2.56. The van der Waals surface area contributed by atoms with Crippen LogP contribution in [0.2, 0.25) is 0 Å². The summed E-state index contributed by atoms with van der Waals surface area (Å²) in [7, 11) is 0. The van der Waals surface area contributed by atoms with Crippen molar-refractivity contribution >= 4 is 6.21 Å². The monoisotopic (exact) mass is 221 g/mol. The molecule has 0 bridgehead atoms. The molecule has 0 atom stereocenters. The first kappa shape index (κ1) is 10.8. The van der Waals surface area contributed by atoms with Crippen molar-refractivity contribution in [3.63, 3.8) is 0 Å². The third kappa shape index (κ3) is 2.66. The normalized spacial score (nSPS) is 14.4. The molecule has 86 valence electrons. The number of fused-ring (bicyclic) bond motifs is 1. The van der Waals surface area contributed by atoms with E-state index in [-0.39, 0.29) is 12.4 Å². The lowest BCUT2D eigenvalue weighted by Crippen LogP contribution is -2.15. The Bertz CT molecular complexity index is 407. The molecule has 1 aliphatic heterocycles. The molecule has 0 aromatic heterocycles. The molecule has 0 aliphatic carbocycles. The van der Waals surface area contributed by atoms with Crippen molar-refractivity contribution in [3.05, 3.63) is 23.8 Å². The Morgan fingerprint density at radius 1 is 1.25 bits per heavy atom. The van der Waals surface area contributed by atoms with Crippen molar-refractivity contribution in [2.24, 2.45) is 5.16 Å². The first-order valence-electron chi connectivity index (χ1n) is 5.16. The Hall–Kier alpha value is -1.71. The third-order valence-corrected chi connectivity index (χ3v) is 1.92. The molecule has 1 heterocycles. The van der Waals surface area contributed by atoms with Crippen molar-refractivity contribution in [1.29, 1.82) is 0 Å². The van der Waals surface area contributed by atoms with Gasteiger partial charge >= 0.3 is 0 Å². The second kappa shape index (κ2) is 4.04. The molecule has 4 heteroatoms. The Labute approximate surface area is 94.8 Å². The van der Waals surface area contributed by atoms with Gasteiger partial charge in [-0.05, 0) is 39.0 Å². The summed E-state index contributed by atoms with van der Waals surface area (Å²) in [5.41, 5.74) is 0.654. The van der Waals surface area contributed by atoms with Crippen LogP contribution in [0.15, 0.2) is 23.4 Å². The average Bonchev–Trinajstić information content (AvgIpc) is 2.62. The van der Waals surface area contributed by atoms with Gasteiger partial charge in [0.15, 0.2) is 11.5 Å². The van der Waals surface area contributed by atoms with Crippen LogP contribution in [0, 0.1) is 0 Å². The first-order chi connectivity index (χ1) is 7.54. The van der Waals surface area contributed by atoms with Gasteiger partial charge in [0.05, 0.1) is 6.21 Å². The Morgan fingerprint density at radius 2 is 2.00 bits per heavy atom.